The molecular formula is C22H20O. The molecule has 3 aliphatic rings. The van der Waals surface area contributed by atoms with Gasteiger partial charge in [-0.15, -0.1) is 0 Å². The molecular weight excluding hydrogens is 280 g/mol. The number of fused-ring (bicyclic) bond motifs is 4. The first-order valence-electron chi connectivity index (χ1n) is 8.64. The van der Waals surface area contributed by atoms with E-state index >= 15 is 0 Å². The summed E-state index contributed by atoms with van der Waals surface area (Å²) in [5.74, 6) is 1.68. The first kappa shape index (κ1) is 13.3. The van der Waals surface area contributed by atoms with Gasteiger partial charge >= 0.3 is 0 Å². The lowest BCUT2D eigenvalue weighted by Gasteiger charge is -2.39. The van der Waals surface area contributed by atoms with Gasteiger partial charge < -0.3 is 0 Å². The van der Waals surface area contributed by atoms with E-state index in [2.05, 4.69) is 42.5 Å². The molecule has 1 spiro atoms. The third-order valence-electron chi connectivity index (χ3n) is 6.20. The van der Waals surface area contributed by atoms with Gasteiger partial charge in [0.1, 0.15) is 0 Å². The number of benzene rings is 2. The van der Waals surface area contributed by atoms with E-state index in [1.54, 1.807) is 0 Å². The van der Waals surface area contributed by atoms with Crippen LogP contribution in [0.5, 0.6) is 0 Å². The average Bonchev–Trinajstić information content (AvgIpc) is 3.16. The highest BCUT2D eigenvalue weighted by molar-refractivity contribution is 6.05. The van der Waals surface area contributed by atoms with E-state index in [0.717, 1.165) is 29.5 Å². The first-order valence-corrected chi connectivity index (χ1v) is 8.64. The predicted octanol–water partition coefficient (Wildman–Crippen LogP) is 5.06. The van der Waals surface area contributed by atoms with Crippen molar-refractivity contribution < 1.29 is 4.79 Å². The molecule has 1 fully saturated rings. The molecule has 0 N–H and O–H groups in total. The summed E-state index contributed by atoms with van der Waals surface area (Å²) in [5, 5.41) is 0. The number of hydrogen-bond acceptors (Lipinski definition) is 1. The van der Waals surface area contributed by atoms with Crippen LogP contribution < -0.4 is 0 Å². The molecule has 3 unspecified atom stereocenters. The zero-order valence-electron chi connectivity index (χ0n) is 13.2. The fraction of sp³-hybridized carbons (Fsp3) is 0.318. The van der Waals surface area contributed by atoms with E-state index in [9.17, 15) is 4.79 Å². The van der Waals surface area contributed by atoms with Gasteiger partial charge in [-0.1, -0.05) is 60.7 Å². The largest absolute Gasteiger partial charge is 0.294 e. The molecule has 0 heterocycles. The van der Waals surface area contributed by atoms with Gasteiger partial charge in [0.15, 0.2) is 5.78 Å². The first-order chi connectivity index (χ1) is 11.3. The van der Waals surface area contributed by atoms with Crippen LogP contribution in [0.25, 0.3) is 11.1 Å². The van der Waals surface area contributed by atoms with Crippen molar-refractivity contribution in [3.05, 3.63) is 71.8 Å². The molecule has 0 radical (unpaired) electrons. The van der Waals surface area contributed by atoms with Crippen molar-refractivity contribution in [3.63, 3.8) is 0 Å². The minimum Gasteiger partial charge on any atom is -0.294 e. The molecule has 0 saturated heterocycles. The molecule has 2 aromatic rings. The van der Waals surface area contributed by atoms with Crippen LogP contribution in [0.4, 0.5) is 0 Å². The van der Waals surface area contributed by atoms with Crippen molar-refractivity contribution in [2.75, 3.05) is 0 Å². The Balaban J connectivity index is 1.62. The number of hydrogen-bond donors (Lipinski definition) is 0. The van der Waals surface area contributed by atoms with E-state index in [4.69, 9.17) is 0 Å². The Morgan fingerprint density at radius 1 is 0.913 bits per heavy atom. The Labute approximate surface area is 137 Å². The number of carbonyl (C=O) groups excluding carboxylic acids is 1. The molecule has 3 aliphatic carbocycles. The minimum absolute atomic E-state index is 0.207. The second-order valence-corrected chi connectivity index (χ2v) is 7.54. The van der Waals surface area contributed by atoms with Gasteiger partial charge in [-0.25, -0.2) is 0 Å². The van der Waals surface area contributed by atoms with E-state index < -0.39 is 0 Å². The van der Waals surface area contributed by atoms with Crippen LogP contribution in [0, 0.1) is 17.3 Å². The molecule has 1 saturated carbocycles. The maximum atomic E-state index is 13.1. The summed E-state index contributed by atoms with van der Waals surface area (Å²) in [6.45, 7) is 0. The fourth-order valence-corrected chi connectivity index (χ4v) is 5.25. The van der Waals surface area contributed by atoms with Crippen LogP contribution in [0.3, 0.4) is 0 Å². The van der Waals surface area contributed by atoms with Crippen molar-refractivity contribution in [2.24, 2.45) is 17.3 Å². The second-order valence-electron chi connectivity index (χ2n) is 7.54. The van der Waals surface area contributed by atoms with Crippen molar-refractivity contribution in [1.29, 1.82) is 0 Å². The smallest absolute Gasteiger partial charge is 0.164 e. The zero-order valence-corrected chi connectivity index (χ0v) is 13.2. The van der Waals surface area contributed by atoms with E-state index in [1.165, 1.54) is 18.4 Å². The molecule has 5 rings (SSSR count). The zero-order chi connectivity index (χ0) is 15.4. The van der Waals surface area contributed by atoms with E-state index in [0.29, 0.717) is 17.6 Å². The van der Waals surface area contributed by atoms with Gasteiger partial charge in [-0.3, -0.25) is 4.79 Å². The second kappa shape index (κ2) is 4.67. The van der Waals surface area contributed by atoms with E-state index in [-0.39, 0.29) is 5.41 Å². The molecule has 1 heteroatoms. The van der Waals surface area contributed by atoms with Gasteiger partial charge in [0.05, 0.1) is 0 Å². The van der Waals surface area contributed by atoms with Gasteiger partial charge in [0.2, 0.25) is 0 Å². The SMILES string of the molecule is O=C1CC2(Cc3cccc(-c4ccccc4)c31)CC1C=CC2C1. The topological polar surface area (TPSA) is 17.1 Å². The molecule has 0 aromatic heterocycles. The lowest BCUT2D eigenvalue weighted by atomic mass is 9.63. The number of ketones is 1. The Kier molecular flexibility index (Phi) is 2.70. The van der Waals surface area contributed by atoms with Crippen molar-refractivity contribution in [2.45, 2.75) is 25.7 Å². The average molecular weight is 300 g/mol. The molecule has 0 amide bonds. The molecule has 23 heavy (non-hydrogen) atoms. The third-order valence-corrected chi connectivity index (χ3v) is 6.20. The molecule has 2 aromatic carbocycles. The fourth-order valence-electron chi connectivity index (χ4n) is 5.25. The Hall–Kier alpha value is -2.15. The van der Waals surface area contributed by atoms with Crippen LogP contribution in [-0.4, -0.2) is 5.78 Å². The van der Waals surface area contributed by atoms with Gasteiger partial charge in [0, 0.05) is 12.0 Å². The maximum Gasteiger partial charge on any atom is 0.164 e. The highest BCUT2D eigenvalue weighted by atomic mass is 16.1. The molecule has 0 aliphatic heterocycles. The summed E-state index contributed by atoms with van der Waals surface area (Å²) in [6.07, 6.45) is 9.02. The molecule has 3 atom stereocenters. The lowest BCUT2D eigenvalue weighted by molar-refractivity contribution is 0.0849. The highest BCUT2D eigenvalue weighted by Crippen LogP contribution is 2.58. The number of Topliss-reactive ketones (excluding diaryl/α,β-unsaturated/α-hetero) is 1. The van der Waals surface area contributed by atoms with Crippen LogP contribution in [0.1, 0.15) is 35.2 Å². The van der Waals surface area contributed by atoms with Crippen LogP contribution in [0.15, 0.2) is 60.7 Å². The molecule has 114 valence electrons. The van der Waals surface area contributed by atoms with Gasteiger partial charge in [-0.05, 0) is 53.2 Å². The quantitative estimate of drug-likeness (QED) is 0.672. The summed E-state index contributed by atoms with van der Waals surface area (Å²) in [7, 11) is 0. The number of carbonyl (C=O) groups is 1. The normalized spacial score (nSPS) is 30.9. The van der Waals surface area contributed by atoms with Crippen molar-refractivity contribution in [3.8, 4) is 11.1 Å². The van der Waals surface area contributed by atoms with Gasteiger partial charge in [-0.2, -0.15) is 0 Å². The van der Waals surface area contributed by atoms with Crippen LogP contribution in [-0.2, 0) is 6.42 Å². The molecule has 1 nitrogen and oxygen atoms in total. The third kappa shape index (κ3) is 1.89. The van der Waals surface area contributed by atoms with Crippen molar-refractivity contribution in [1.82, 2.24) is 0 Å². The number of rotatable bonds is 1. The Morgan fingerprint density at radius 2 is 1.78 bits per heavy atom. The maximum absolute atomic E-state index is 13.1. The standard InChI is InChI=1S/C22H20O/c23-20-14-22(12-15-9-10-18(22)11-15)13-17-7-4-8-19(21(17)20)16-5-2-1-3-6-16/h1-10,15,18H,11-14H2. The number of allylic oxidation sites excluding steroid dienone is 2. The van der Waals surface area contributed by atoms with Crippen LogP contribution >= 0.6 is 0 Å². The summed E-state index contributed by atoms with van der Waals surface area (Å²) in [5.41, 5.74) is 4.72. The van der Waals surface area contributed by atoms with E-state index in [1.807, 2.05) is 18.2 Å². The summed E-state index contributed by atoms with van der Waals surface area (Å²) in [6, 6.07) is 16.7. The Bertz CT molecular complexity index is 817. The monoisotopic (exact) mass is 300 g/mol. The summed E-state index contributed by atoms with van der Waals surface area (Å²) in [4.78, 5) is 13.1. The summed E-state index contributed by atoms with van der Waals surface area (Å²) >= 11 is 0. The lowest BCUT2D eigenvalue weighted by Crippen LogP contribution is -2.36. The summed E-state index contributed by atoms with van der Waals surface area (Å²) < 4.78 is 0. The Morgan fingerprint density at radius 3 is 2.52 bits per heavy atom. The van der Waals surface area contributed by atoms with Crippen molar-refractivity contribution >= 4 is 5.78 Å². The molecule has 2 bridgehead atoms. The minimum atomic E-state index is 0.207. The van der Waals surface area contributed by atoms with Crippen LogP contribution in [0.2, 0.25) is 0 Å². The predicted molar refractivity (Wildman–Crippen MR) is 92.3 cm³/mol. The van der Waals surface area contributed by atoms with Gasteiger partial charge in [0.25, 0.3) is 0 Å². The highest BCUT2D eigenvalue weighted by Gasteiger charge is 2.51.